The van der Waals surface area contributed by atoms with Crippen LogP contribution >= 0.6 is 11.6 Å². The number of rotatable bonds is 7. The van der Waals surface area contributed by atoms with Gasteiger partial charge in [0.05, 0.1) is 25.8 Å². The fourth-order valence-corrected chi connectivity index (χ4v) is 6.59. The van der Waals surface area contributed by atoms with E-state index < -0.39 is 0 Å². The van der Waals surface area contributed by atoms with E-state index in [4.69, 9.17) is 16.3 Å². The van der Waals surface area contributed by atoms with Crippen LogP contribution in [-0.2, 0) is 13.1 Å². The van der Waals surface area contributed by atoms with Crippen molar-refractivity contribution in [1.29, 1.82) is 0 Å². The van der Waals surface area contributed by atoms with Crippen LogP contribution in [0.2, 0.25) is 5.02 Å². The van der Waals surface area contributed by atoms with Gasteiger partial charge in [0.25, 0.3) is 11.8 Å². The van der Waals surface area contributed by atoms with E-state index in [-0.39, 0.29) is 11.8 Å². The van der Waals surface area contributed by atoms with Crippen molar-refractivity contribution in [2.45, 2.75) is 20.0 Å². The smallest absolute Gasteiger partial charge is 0.270 e. The Morgan fingerprint density at radius 1 is 0.867 bits per heavy atom. The number of piperazine rings is 1. The number of aryl methyl sites for hydroxylation is 1. The van der Waals surface area contributed by atoms with Gasteiger partial charge in [-0.3, -0.25) is 14.5 Å². The summed E-state index contributed by atoms with van der Waals surface area (Å²) in [7, 11) is 5.74. The molecular weight excluding hydrogens is 586 g/mol. The molecule has 0 N–H and O–H groups in total. The fourth-order valence-electron chi connectivity index (χ4n) is 6.32. The largest absolute Gasteiger partial charge is 0.496 e. The maximum absolute atomic E-state index is 14.4. The highest BCUT2D eigenvalue weighted by Gasteiger charge is 2.31. The molecule has 2 aliphatic heterocycles. The monoisotopic (exact) mass is 625 g/mol. The van der Waals surface area contributed by atoms with Crippen LogP contribution in [0.3, 0.4) is 0 Å². The number of likely N-dealkylation sites (N-methyl/N-ethyl adjacent to an activating group) is 1. The van der Waals surface area contributed by atoms with Crippen molar-refractivity contribution in [3.63, 3.8) is 0 Å². The van der Waals surface area contributed by atoms with Crippen LogP contribution < -0.4 is 9.64 Å². The van der Waals surface area contributed by atoms with E-state index in [0.717, 1.165) is 59.8 Å². The van der Waals surface area contributed by atoms with Crippen molar-refractivity contribution in [1.82, 2.24) is 19.3 Å². The zero-order valence-corrected chi connectivity index (χ0v) is 27.2. The number of benzene rings is 3. The molecule has 0 unspecified atom stereocenters. The third-order valence-corrected chi connectivity index (χ3v) is 9.26. The highest BCUT2D eigenvalue weighted by molar-refractivity contribution is 6.34. The molecule has 1 fully saturated rings. The maximum Gasteiger partial charge on any atom is 0.270 e. The molecule has 0 atom stereocenters. The number of anilines is 1. The summed E-state index contributed by atoms with van der Waals surface area (Å²) >= 11 is 6.84. The average molecular weight is 626 g/mol. The van der Waals surface area contributed by atoms with Crippen molar-refractivity contribution in [2.75, 3.05) is 65.4 Å². The zero-order chi connectivity index (χ0) is 31.7. The van der Waals surface area contributed by atoms with E-state index in [9.17, 15) is 9.59 Å². The fraction of sp³-hybridized carbons (Fsp3) is 0.333. The molecule has 45 heavy (non-hydrogen) atoms. The molecule has 6 rings (SSSR count). The summed E-state index contributed by atoms with van der Waals surface area (Å²) in [4.78, 5) is 36.5. The Bertz CT molecular complexity index is 1720. The van der Waals surface area contributed by atoms with Crippen LogP contribution in [0.4, 0.5) is 5.69 Å². The molecule has 234 valence electrons. The summed E-state index contributed by atoms with van der Waals surface area (Å²) < 4.78 is 7.84. The summed E-state index contributed by atoms with van der Waals surface area (Å²) in [6, 6.07) is 23.3. The Labute approximate surface area is 270 Å². The lowest BCUT2D eigenvalue weighted by Crippen LogP contribution is -2.50. The molecule has 2 aliphatic rings. The molecule has 3 aromatic carbocycles. The highest BCUT2D eigenvalue weighted by Crippen LogP contribution is 2.38. The lowest BCUT2D eigenvalue weighted by Gasteiger charge is -2.35. The molecule has 1 aromatic heterocycles. The normalized spacial score (nSPS) is 15.1. The van der Waals surface area contributed by atoms with Gasteiger partial charge < -0.3 is 24.0 Å². The quantitative estimate of drug-likeness (QED) is 0.266. The minimum atomic E-state index is -0.214. The van der Waals surface area contributed by atoms with Gasteiger partial charge in [-0.25, -0.2) is 0 Å². The number of fused-ring (bicyclic) bond motifs is 2. The van der Waals surface area contributed by atoms with Gasteiger partial charge in [-0.2, -0.15) is 0 Å². The number of methoxy groups -OCH3 is 1. The molecule has 9 heteroatoms. The predicted molar refractivity (Wildman–Crippen MR) is 180 cm³/mol. The first-order valence-electron chi connectivity index (χ1n) is 15.4. The third kappa shape index (κ3) is 6.23. The van der Waals surface area contributed by atoms with Gasteiger partial charge >= 0.3 is 0 Å². The number of nitrogens with zero attached hydrogens (tertiary/aromatic N) is 5. The van der Waals surface area contributed by atoms with Crippen molar-refractivity contribution in [2.24, 2.45) is 0 Å². The van der Waals surface area contributed by atoms with Crippen molar-refractivity contribution >= 4 is 29.1 Å². The number of carbonyl (C=O) groups is 2. The number of amides is 2. The average Bonchev–Trinajstić information content (AvgIpc) is 3.36. The van der Waals surface area contributed by atoms with Gasteiger partial charge in [0.1, 0.15) is 11.4 Å². The van der Waals surface area contributed by atoms with Crippen LogP contribution in [-0.4, -0.2) is 91.6 Å². The maximum atomic E-state index is 14.4. The number of hydrogen-bond donors (Lipinski definition) is 0. The van der Waals surface area contributed by atoms with E-state index in [1.165, 1.54) is 0 Å². The Hall–Kier alpha value is -4.11. The molecule has 0 aliphatic carbocycles. The first-order valence-corrected chi connectivity index (χ1v) is 15.8. The predicted octanol–water partition coefficient (Wildman–Crippen LogP) is 5.65. The molecule has 2 amide bonds. The summed E-state index contributed by atoms with van der Waals surface area (Å²) in [5.74, 6) is 0.278. The molecule has 0 spiro atoms. The summed E-state index contributed by atoms with van der Waals surface area (Å²) in [6.07, 6.45) is 0. The SMILES string of the molecule is COc1cc(-c2ccccc2C)c(Cl)cc1C(=O)N1Cc2ccc(C(=O)N3CCN(CCN(C)C)CC3)n2Cc2ccccc21. The van der Waals surface area contributed by atoms with Gasteiger partial charge in [0.15, 0.2) is 0 Å². The minimum absolute atomic E-state index is 0.0333. The molecule has 3 heterocycles. The van der Waals surface area contributed by atoms with E-state index in [0.29, 0.717) is 48.2 Å². The van der Waals surface area contributed by atoms with Crippen LogP contribution in [0.5, 0.6) is 5.75 Å². The molecule has 8 nitrogen and oxygen atoms in total. The first kappa shape index (κ1) is 30.9. The molecular formula is C36H40ClN5O3. The van der Waals surface area contributed by atoms with Crippen LogP contribution in [0, 0.1) is 6.92 Å². The van der Waals surface area contributed by atoms with E-state index in [1.807, 2.05) is 78.6 Å². The Kier molecular flexibility index (Phi) is 8.99. The number of carbonyl (C=O) groups excluding carboxylic acids is 2. The van der Waals surface area contributed by atoms with Gasteiger partial charge in [-0.1, -0.05) is 54.1 Å². The van der Waals surface area contributed by atoms with Crippen molar-refractivity contribution in [3.8, 4) is 16.9 Å². The van der Waals surface area contributed by atoms with E-state index >= 15 is 0 Å². The number of aromatic nitrogens is 1. The van der Waals surface area contributed by atoms with E-state index in [2.05, 4.69) is 28.5 Å². The zero-order valence-electron chi connectivity index (χ0n) is 26.4. The molecule has 1 saturated heterocycles. The first-order chi connectivity index (χ1) is 21.7. The molecule has 0 saturated carbocycles. The Balaban J connectivity index is 1.29. The summed E-state index contributed by atoms with van der Waals surface area (Å²) in [5, 5.41) is 0.481. The van der Waals surface area contributed by atoms with Crippen molar-refractivity contribution < 1.29 is 14.3 Å². The number of hydrogen-bond acceptors (Lipinski definition) is 5. The Morgan fingerprint density at radius 3 is 2.33 bits per heavy atom. The van der Waals surface area contributed by atoms with Crippen LogP contribution in [0.25, 0.3) is 11.1 Å². The van der Waals surface area contributed by atoms with Gasteiger partial charge in [0.2, 0.25) is 0 Å². The van der Waals surface area contributed by atoms with Crippen LogP contribution in [0.15, 0.2) is 72.8 Å². The lowest BCUT2D eigenvalue weighted by atomic mass is 9.98. The topological polar surface area (TPSA) is 61.3 Å². The third-order valence-electron chi connectivity index (χ3n) is 8.94. The molecule has 4 aromatic rings. The second kappa shape index (κ2) is 13.1. The minimum Gasteiger partial charge on any atom is -0.496 e. The van der Waals surface area contributed by atoms with E-state index in [1.54, 1.807) is 18.1 Å². The molecule has 0 radical (unpaired) electrons. The van der Waals surface area contributed by atoms with Gasteiger partial charge in [-0.05, 0) is 68.0 Å². The second-order valence-corrected chi connectivity index (χ2v) is 12.5. The van der Waals surface area contributed by atoms with Crippen LogP contribution in [0.1, 0.15) is 37.7 Å². The number of ether oxygens (including phenoxy) is 1. The van der Waals surface area contributed by atoms with Gasteiger partial charge in [0, 0.05) is 61.2 Å². The number of halogens is 1. The summed E-state index contributed by atoms with van der Waals surface area (Å²) in [5.41, 5.74) is 6.59. The standard InChI is InChI=1S/C36H40ClN5O3/c1-25-9-5-7-11-28(25)29-22-34(45-4)30(21-31(29)37)35(43)42-24-27-13-14-33(41(27)23-26-10-6-8-12-32(26)42)36(44)40-19-17-39(18-20-40)16-15-38(2)3/h5-14,21-22H,15-20,23-24H2,1-4H3. The number of para-hydroxylation sites is 1. The Morgan fingerprint density at radius 2 is 1.60 bits per heavy atom. The summed E-state index contributed by atoms with van der Waals surface area (Å²) in [6.45, 7) is 7.98. The highest BCUT2D eigenvalue weighted by atomic mass is 35.5. The molecule has 0 bridgehead atoms. The van der Waals surface area contributed by atoms with Crippen molar-refractivity contribution in [3.05, 3.63) is 106 Å². The second-order valence-electron chi connectivity index (χ2n) is 12.1. The van der Waals surface area contributed by atoms with Gasteiger partial charge in [-0.15, -0.1) is 0 Å². The lowest BCUT2D eigenvalue weighted by molar-refractivity contribution is 0.0619.